The van der Waals surface area contributed by atoms with Crippen LogP contribution in [0, 0.1) is 25.7 Å². The van der Waals surface area contributed by atoms with Crippen LogP contribution in [0.1, 0.15) is 58.1 Å². The quantitative estimate of drug-likeness (QED) is 0.487. The molecule has 2 rings (SSSR count). The number of hydrogen-bond donors (Lipinski definition) is 0. The summed E-state index contributed by atoms with van der Waals surface area (Å²) in [6, 6.07) is 16.6. The number of hydrogen-bond acceptors (Lipinski definition) is 1. The Balaban J connectivity index is 2.71. The highest BCUT2D eigenvalue weighted by molar-refractivity contribution is 7.79. The first kappa shape index (κ1) is 21.0. The van der Waals surface area contributed by atoms with Gasteiger partial charge in [0.1, 0.15) is 7.14 Å². The van der Waals surface area contributed by atoms with Crippen molar-refractivity contribution in [1.29, 1.82) is 0 Å². The van der Waals surface area contributed by atoms with Crippen LogP contribution in [-0.2, 0) is 4.57 Å². The molecule has 0 fully saturated rings. The van der Waals surface area contributed by atoms with E-state index in [1.54, 1.807) is 0 Å². The molecule has 0 heterocycles. The molecule has 0 aromatic heterocycles. The summed E-state index contributed by atoms with van der Waals surface area (Å²) in [5.41, 5.74) is 2.49. The summed E-state index contributed by atoms with van der Waals surface area (Å²) >= 11 is 0. The van der Waals surface area contributed by atoms with Gasteiger partial charge in [0.05, 0.1) is 0 Å². The van der Waals surface area contributed by atoms with Crippen LogP contribution >= 0.6 is 7.14 Å². The van der Waals surface area contributed by atoms with Crippen LogP contribution in [0.4, 0.5) is 0 Å². The van der Waals surface area contributed by atoms with Crippen molar-refractivity contribution >= 4 is 17.8 Å². The summed E-state index contributed by atoms with van der Waals surface area (Å²) < 4.78 is 14.9. The minimum atomic E-state index is -2.73. The summed E-state index contributed by atoms with van der Waals surface area (Å²) in [7, 11) is -2.73. The fraction of sp³-hybridized carbons (Fsp3) is 0.500. The van der Waals surface area contributed by atoms with Gasteiger partial charge < -0.3 is 4.57 Å². The van der Waals surface area contributed by atoms with Crippen molar-refractivity contribution in [3.8, 4) is 0 Å². The highest BCUT2D eigenvalue weighted by Crippen LogP contribution is 2.54. The van der Waals surface area contributed by atoms with Gasteiger partial charge in [-0.2, -0.15) is 0 Å². The fourth-order valence-electron chi connectivity index (χ4n) is 3.96. The average molecular weight is 371 g/mol. The van der Waals surface area contributed by atoms with Crippen molar-refractivity contribution < 1.29 is 4.57 Å². The number of rotatable bonds is 8. The first-order chi connectivity index (χ1) is 12.3. The van der Waals surface area contributed by atoms with Gasteiger partial charge in [0.2, 0.25) is 0 Å². The Morgan fingerprint density at radius 2 is 1.27 bits per heavy atom. The van der Waals surface area contributed by atoms with Gasteiger partial charge in [-0.1, -0.05) is 82.6 Å². The van der Waals surface area contributed by atoms with Gasteiger partial charge in [-0.05, 0) is 49.7 Å². The lowest BCUT2D eigenvalue weighted by Crippen LogP contribution is -2.31. The second-order valence-corrected chi connectivity index (χ2v) is 11.3. The Morgan fingerprint density at radius 1 is 0.808 bits per heavy atom. The zero-order chi connectivity index (χ0) is 19.3. The monoisotopic (exact) mass is 370 g/mol. The molecule has 0 amide bonds. The van der Waals surface area contributed by atoms with E-state index in [1.165, 1.54) is 0 Å². The maximum absolute atomic E-state index is 14.9. The predicted octanol–water partition coefficient (Wildman–Crippen LogP) is 6.47. The van der Waals surface area contributed by atoms with E-state index in [1.807, 2.05) is 24.3 Å². The Bertz CT molecular complexity index is 713. The summed E-state index contributed by atoms with van der Waals surface area (Å²) in [6.45, 7) is 13.3. The third-order valence-corrected chi connectivity index (χ3v) is 9.46. The lowest BCUT2D eigenvalue weighted by molar-refractivity contribution is 0.444. The maximum atomic E-state index is 14.9. The third-order valence-electron chi connectivity index (χ3n) is 5.58. The highest BCUT2D eigenvalue weighted by Gasteiger charge is 2.39. The van der Waals surface area contributed by atoms with Gasteiger partial charge in [-0.15, -0.1) is 0 Å². The summed E-state index contributed by atoms with van der Waals surface area (Å²) in [4.78, 5) is 0. The lowest BCUT2D eigenvalue weighted by atomic mass is 9.97. The van der Waals surface area contributed by atoms with Gasteiger partial charge in [-0.25, -0.2) is 0 Å². The molecule has 2 aromatic rings. The maximum Gasteiger partial charge on any atom is 0.146 e. The molecule has 2 atom stereocenters. The summed E-state index contributed by atoms with van der Waals surface area (Å²) in [5.74, 6) is 1.12. The van der Waals surface area contributed by atoms with Gasteiger partial charge in [0.25, 0.3) is 0 Å². The zero-order valence-electron chi connectivity index (χ0n) is 17.3. The van der Waals surface area contributed by atoms with E-state index in [0.717, 1.165) is 41.0 Å². The molecule has 0 spiro atoms. The molecule has 0 aliphatic heterocycles. The SMILES string of the molecule is CCC(C)CC(CC(C)C)P(=O)(c1ccccc1C)c1ccccc1C. The topological polar surface area (TPSA) is 17.1 Å². The zero-order valence-corrected chi connectivity index (χ0v) is 18.2. The molecule has 1 nitrogen and oxygen atoms in total. The van der Waals surface area contributed by atoms with Gasteiger partial charge >= 0.3 is 0 Å². The highest BCUT2D eigenvalue weighted by atomic mass is 31.2. The van der Waals surface area contributed by atoms with Gasteiger partial charge in [-0.3, -0.25) is 0 Å². The molecule has 2 heteroatoms. The Morgan fingerprint density at radius 3 is 1.65 bits per heavy atom. The normalized spacial score (nSPS) is 14.4. The van der Waals surface area contributed by atoms with Crippen LogP contribution in [0.25, 0.3) is 0 Å². The lowest BCUT2D eigenvalue weighted by Gasteiger charge is -2.33. The van der Waals surface area contributed by atoms with E-state index < -0.39 is 7.14 Å². The van der Waals surface area contributed by atoms with E-state index in [-0.39, 0.29) is 5.66 Å². The van der Waals surface area contributed by atoms with Crippen molar-refractivity contribution in [3.05, 3.63) is 59.7 Å². The van der Waals surface area contributed by atoms with Crippen molar-refractivity contribution in [2.75, 3.05) is 0 Å². The molecule has 0 saturated heterocycles. The molecule has 0 bridgehead atoms. The van der Waals surface area contributed by atoms with Crippen LogP contribution in [0.5, 0.6) is 0 Å². The largest absolute Gasteiger partial charge is 0.313 e. The molecular weight excluding hydrogens is 335 g/mol. The average Bonchev–Trinajstić information content (AvgIpc) is 2.60. The minimum absolute atomic E-state index is 0.194. The molecule has 0 aliphatic rings. The molecule has 26 heavy (non-hydrogen) atoms. The van der Waals surface area contributed by atoms with Crippen molar-refractivity contribution in [2.45, 2.75) is 66.5 Å². The molecule has 142 valence electrons. The predicted molar refractivity (Wildman–Crippen MR) is 117 cm³/mol. The summed E-state index contributed by atoms with van der Waals surface area (Å²) in [6.07, 6.45) is 3.16. The molecule has 0 saturated carbocycles. The van der Waals surface area contributed by atoms with Crippen molar-refractivity contribution in [2.24, 2.45) is 11.8 Å². The van der Waals surface area contributed by atoms with Gasteiger partial charge in [0.15, 0.2) is 0 Å². The van der Waals surface area contributed by atoms with Crippen molar-refractivity contribution in [3.63, 3.8) is 0 Å². The number of benzene rings is 2. The third kappa shape index (κ3) is 4.49. The van der Waals surface area contributed by atoms with E-state index in [9.17, 15) is 4.57 Å². The molecule has 0 N–H and O–H groups in total. The van der Waals surface area contributed by atoms with Gasteiger partial charge in [0, 0.05) is 16.3 Å². The van der Waals surface area contributed by atoms with E-state index in [2.05, 4.69) is 65.8 Å². The Hall–Kier alpha value is -1.33. The molecular formula is C24H35OP. The number of aryl methyl sites for hydroxylation is 2. The van der Waals surface area contributed by atoms with Crippen molar-refractivity contribution in [1.82, 2.24) is 0 Å². The molecule has 0 radical (unpaired) electrons. The van der Waals surface area contributed by atoms with E-state index in [0.29, 0.717) is 11.8 Å². The minimum Gasteiger partial charge on any atom is -0.313 e. The fourth-order valence-corrected chi connectivity index (χ4v) is 8.20. The molecule has 2 aromatic carbocycles. The van der Waals surface area contributed by atoms with Crippen LogP contribution in [0.3, 0.4) is 0 Å². The second-order valence-electron chi connectivity index (χ2n) is 8.26. The molecule has 0 aliphatic carbocycles. The first-order valence-electron chi connectivity index (χ1n) is 10.0. The first-order valence-corrected chi connectivity index (χ1v) is 11.8. The summed E-state index contributed by atoms with van der Waals surface area (Å²) in [5, 5.41) is 2.12. The van der Waals surface area contributed by atoms with Crippen LogP contribution in [-0.4, -0.2) is 5.66 Å². The Kier molecular flexibility index (Phi) is 7.30. The molecule has 2 unspecified atom stereocenters. The second kappa shape index (κ2) is 9.05. The standard InChI is InChI=1S/C24H35OP/c1-7-19(4)17-22(16-18(2)3)26(25,23-14-10-8-12-20(23)5)24-15-11-9-13-21(24)6/h8-15,18-19,22H,7,16-17H2,1-6H3. The smallest absolute Gasteiger partial charge is 0.146 e. The van der Waals surface area contributed by atoms with Crippen LogP contribution in [0.2, 0.25) is 0 Å². The van der Waals surface area contributed by atoms with E-state index >= 15 is 0 Å². The Labute approximate surface area is 160 Å². The van der Waals surface area contributed by atoms with E-state index in [4.69, 9.17) is 0 Å². The van der Waals surface area contributed by atoms with Crippen LogP contribution in [0.15, 0.2) is 48.5 Å². The van der Waals surface area contributed by atoms with Crippen LogP contribution < -0.4 is 10.6 Å².